The Bertz CT molecular complexity index is 1310. The van der Waals surface area contributed by atoms with Crippen LogP contribution in [0, 0.1) is 11.6 Å². The van der Waals surface area contributed by atoms with Crippen molar-refractivity contribution in [3.05, 3.63) is 54.1 Å². The Kier molecular flexibility index (Phi) is 7.57. The molecule has 0 spiro atoms. The molecular weight excluding hydrogens is 574 g/mol. The first-order valence-electron chi connectivity index (χ1n) is 8.23. The molecular formula is C16H8F10O6S3. The van der Waals surface area contributed by atoms with Gasteiger partial charge in [0.15, 0.2) is 0 Å². The number of sulfone groups is 1. The van der Waals surface area contributed by atoms with Gasteiger partial charge in [-0.15, -0.1) is 0 Å². The number of halogens is 10. The highest BCUT2D eigenvalue weighted by Crippen LogP contribution is 2.52. The van der Waals surface area contributed by atoms with Gasteiger partial charge in [0.05, 0.1) is 4.90 Å². The second-order valence-corrected chi connectivity index (χ2v) is 10.9. The van der Waals surface area contributed by atoms with E-state index in [1.54, 1.807) is 0 Å². The van der Waals surface area contributed by atoms with Gasteiger partial charge in [-0.2, -0.15) is 43.5 Å². The maximum atomic E-state index is 13.9. The molecule has 0 aliphatic rings. The highest BCUT2D eigenvalue weighted by atomic mass is 32.2. The van der Waals surface area contributed by atoms with E-state index >= 15 is 0 Å². The Morgan fingerprint density at radius 1 is 0.771 bits per heavy atom. The summed E-state index contributed by atoms with van der Waals surface area (Å²) in [6.45, 7) is 0. The molecule has 0 saturated carbocycles. The lowest BCUT2D eigenvalue weighted by molar-refractivity contribution is -0.441. The monoisotopic (exact) mass is 582 g/mol. The molecule has 196 valence electrons. The first-order valence-corrected chi connectivity index (χ1v) is 12.0. The van der Waals surface area contributed by atoms with Crippen LogP contribution >= 0.6 is 11.8 Å². The fraction of sp³-hybridized carbons (Fsp3) is 0.250. The van der Waals surface area contributed by atoms with E-state index in [4.69, 9.17) is 4.55 Å². The van der Waals surface area contributed by atoms with Crippen LogP contribution in [0.2, 0.25) is 0 Å². The van der Waals surface area contributed by atoms with Gasteiger partial charge in [0.2, 0.25) is 9.84 Å². The topological polar surface area (TPSA) is 97.7 Å². The number of hydrogen-bond donors (Lipinski definition) is 1. The summed E-state index contributed by atoms with van der Waals surface area (Å²) in [6, 6.07) is 3.19. The Hall–Kier alpha value is -2.09. The minimum Gasteiger partial charge on any atom is -0.281 e. The minimum absolute atomic E-state index is 0.223. The van der Waals surface area contributed by atoms with Crippen molar-refractivity contribution in [2.24, 2.45) is 0 Å². The highest BCUT2D eigenvalue weighted by molar-refractivity contribution is 8.00. The van der Waals surface area contributed by atoms with Crippen molar-refractivity contribution >= 4 is 31.7 Å². The van der Waals surface area contributed by atoms with Crippen LogP contribution in [0.25, 0.3) is 0 Å². The molecule has 0 heterocycles. The molecule has 0 saturated heterocycles. The van der Waals surface area contributed by atoms with Gasteiger partial charge in [0, 0.05) is 11.0 Å². The number of rotatable bonds is 9. The van der Waals surface area contributed by atoms with Gasteiger partial charge in [-0.3, -0.25) is 4.55 Å². The van der Waals surface area contributed by atoms with Crippen LogP contribution in [-0.2, 0) is 24.7 Å². The fourth-order valence-electron chi connectivity index (χ4n) is 2.14. The van der Waals surface area contributed by atoms with Crippen molar-refractivity contribution in [2.75, 3.05) is 0 Å². The lowest BCUT2D eigenvalue weighted by Gasteiger charge is -2.31. The quantitative estimate of drug-likeness (QED) is 0.189. The van der Waals surface area contributed by atoms with E-state index in [0.717, 1.165) is 0 Å². The molecule has 1 N–H and O–H groups in total. The van der Waals surface area contributed by atoms with Crippen molar-refractivity contribution in [1.82, 2.24) is 0 Å². The molecule has 0 unspecified atom stereocenters. The molecule has 2 rings (SSSR count). The summed E-state index contributed by atoms with van der Waals surface area (Å²) in [6.07, 6.45) is -13.3. The molecule has 0 bridgehead atoms. The third kappa shape index (κ3) is 5.68. The summed E-state index contributed by atoms with van der Waals surface area (Å²) in [4.78, 5) is -2.80. The van der Waals surface area contributed by atoms with Gasteiger partial charge in [0.25, 0.3) is 0 Å². The van der Waals surface area contributed by atoms with Crippen LogP contribution in [0.15, 0.2) is 57.2 Å². The van der Waals surface area contributed by atoms with Crippen LogP contribution in [0.5, 0.6) is 0 Å². The average Bonchev–Trinajstić information content (AvgIpc) is 2.65. The van der Waals surface area contributed by atoms with Gasteiger partial charge in [-0.25, -0.2) is 21.9 Å². The first kappa shape index (κ1) is 29.1. The predicted octanol–water partition coefficient (Wildman–Crippen LogP) is 5.17. The van der Waals surface area contributed by atoms with Crippen LogP contribution in [0.4, 0.5) is 43.9 Å². The van der Waals surface area contributed by atoms with Crippen LogP contribution in [0.1, 0.15) is 0 Å². The minimum atomic E-state index is -7.08. The van der Waals surface area contributed by atoms with Crippen LogP contribution < -0.4 is 0 Å². The number of thioether (sulfide) groups is 1. The predicted molar refractivity (Wildman–Crippen MR) is 96.5 cm³/mol. The maximum absolute atomic E-state index is 13.9. The van der Waals surface area contributed by atoms with Gasteiger partial charge < -0.3 is 0 Å². The van der Waals surface area contributed by atoms with Crippen molar-refractivity contribution < 1.29 is 70.0 Å². The number of ether oxygens (including phenoxy) is 1. The number of alkyl halides is 8. The van der Waals surface area contributed by atoms with E-state index < -0.39 is 80.8 Å². The standard InChI is InChI=1S/C16H8F10O6S3/c17-8-1-6-12(11(18)7-8)34(27,28)10-4-2-9(3-5-10)33-15(23,24)13(19,20)32-14(21,22)16(25,26)35(29,30)31/h1-7H,(H,29,30,31). The van der Waals surface area contributed by atoms with E-state index in [0.29, 0.717) is 36.4 Å². The SMILES string of the molecule is O=S(=O)(c1ccc(SC(F)(F)C(F)(F)OC(F)(F)C(F)(F)S(=O)(=O)O)cc1)c1ccc(F)cc1F. The second kappa shape index (κ2) is 9.09. The van der Waals surface area contributed by atoms with E-state index in [9.17, 15) is 60.7 Å². The van der Waals surface area contributed by atoms with Crippen LogP contribution in [-0.4, -0.2) is 44.1 Å². The molecule has 0 aliphatic carbocycles. The van der Waals surface area contributed by atoms with Crippen molar-refractivity contribution in [3.63, 3.8) is 0 Å². The lowest BCUT2D eigenvalue weighted by atomic mass is 10.3. The zero-order chi connectivity index (χ0) is 27.3. The Balaban J connectivity index is 2.31. The number of benzene rings is 2. The molecule has 0 aliphatic heterocycles. The molecule has 0 atom stereocenters. The highest BCUT2D eigenvalue weighted by Gasteiger charge is 2.74. The molecule has 19 heteroatoms. The van der Waals surface area contributed by atoms with Crippen LogP contribution in [0.3, 0.4) is 0 Å². The molecule has 2 aromatic rings. The largest absolute Gasteiger partial charge is 0.460 e. The van der Waals surface area contributed by atoms with Crippen molar-refractivity contribution in [2.45, 2.75) is 37.4 Å². The summed E-state index contributed by atoms with van der Waals surface area (Å²) >= 11 is -1.29. The zero-order valence-electron chi connectivity index (χ0n) is 16.0. The molecule has 0 amide bonds. The number of hydrogen-bond acceptors (Lipinski definition) is 6. The molecule has 0 aromatic heterocycles. The molecule has 0 fully saturated rings. The molecule has 6 nitrogen and oxygen atoms in total. The maximum Gasteiger partial charge on any atom is 0.460 e. The molecule has 0 radical (unpaired) electrons. The summed E-state index contributed by atoms with van der Waals surface area (Å²) in [5.41, 5.74) is 0. The third-order valence-corrected chi connectivity index (χ3v) is 7.51. The zero-order valence-corrected chi connectivity index (χ0v) is 18.5. The van der Waals surface area contributed by atoms with Crippen molar-refractivity contribution in [3.8, 4) is 0 Å². The lowest BCUT2D eigenvalue weighted by Crippen LogP contribution is -2.55. The fourth-order valence-corrected chi connectivity index (χ4v) is 4.53. The van der Waals surface area contributed by atoms with Gasteiger partial charge >= 0.3 is 32.8 Å². The summed E-state index contributed by atoms with van der Waals surface area (Å²) in [7, 11) is -11.8. The third-order valence-electron chi connectivity index (χ3n) is 3.82. The van der Waals surface area contributed by atoms with E-state index in [1.165, 1.54) is 0 Å². The van der Waals surface area contributed by atoms with E-state index in [2.05, 4.69) is 4.74 Å². The molecule has 2 aromatic carbocycles. The first-order chi connectivity index (χ1) is 15.6. The average molecular weight is 582 g/mol. The van der Waals surface area contributed by atoms with Gasteiger partial charge in [-0.05, 0) is 48.2 Å². The summed E-state index contributed by atoms with van der Waals surface area (Å²) in [5, 5.41) is -12.5. The Morgan fingerprint density at radius 2 is 1.29 bits per heavy atom. The molecule has 35 heavy (non-hydrogen) atoms. The Morgan fingerprint density at radius 3 is 1.74 bits per heavy atom. The van der Waals surface area contributed by atoms with E-state index in [-0.39, 0.29) is 6.07 Å². The van der Waals surface area contributed by atoms with Gasteiger partial charge in [0.1, 0.15) is 16.5 Å². The summed E-state index contributed by atoms with van der Waals surface area (Å²) in [5.74, 6) is -2.65. The van der Waals surface area contributed by atoms with Crippen molar-refractivity contribution in [1.29, 1.82) is 0 Å². The Labute approximate surface area is 193 Å². The smallest absolute Gasteiger partial charge is 0.281 e. The van der Waals surface area contributed by atoms with Gasteiger partial charge in [-0.1, -0.05) is 0 Å². The summed E-state index contributed by atoms with van der Waals surface area (Å²) < 4.78 is 190. The second-order valence-electron chi connectivity index (χ2n) is 6.30. The normalized spacial score (nSPS) is 14.3. The van der Waals surface area contributed by atoms with E-state index in [1.807, 2.05) is 0 Å².